The fourth-order valence-electron chi connectivity index (χ4n) is 1.48. The third-order valence-electron chi connectivity index (χ3n) is 2.28. The van der Waals surface area contributed by atoms with E-state index in [-0.39, 0.29) is 23.2 Å². The van der Waals surface area contributed by atoms with E-state index in [0.29, 0.717) is 5.56 Å². The Balaban J connectivity index is 2.48. The molecule has 0 N–H and O–H groups in total. The van der Waals surface area contributed by atoms with Crippen molar-refractivity contribution in [1.29, 1.82) is 0 Å². The zero-order chi connectivity index (χ0) is 13.0. The number of hydrogen-bond acceptors (Lipinski definition) is 6. The van der Waals surface area contributed by atoms with Gasteiger partial charge in [-0.1, -0.05) is 0 Å². The first-order chi connectivity index (χ1) is 8.77. The second-order valence-electron chi connectivity index (χ2n) is 3.30. The van der Waals surface area contributed by atoms with Crippen molar-refractivity contribution in [2.24, 2.45) is 0 Å². The summed E-state index contributed by atoms with van der Waals surface area (Å²) in [6, 6.07) is 3.26. The average Bonchev–Trinajstić information content (AvgIpc) is 2.46. The zero-order valence-electron chi connectivity index (χ0n) is 9.95. The Morgan fingerprint density at radius 1 is 1.00 bits per heavy atom. The maximum Gasteiger partial charge on any atom is 0.243 e. The molecule has 0 aromatic carbocycles. The summed E-state index contributed by atoms with van der Waals surface area (Å²) in [5.41, 5.74) is 0.449. The third kappa shape index (κ3) is 2.13. The van der Waals surface area contributed by atoms with Crippen molar-refractivity contribution in [1.82, 2.24) is 15.0 Å². The second-order valence-corrected chi connectivity index (χ2v) is 3.30. The van der Waals surface area contributed by atoms with Crippen LogP contribution in [0, 0.1) is 0 Å². The molecule has 0 aliphatic rings. The minimum atomic E-state index is -0.343. The highest BCUT2D eigenvalue weighted by Crippen LogP contribution is 2.21. The van der Waals surface area contributed by atoms with Crippen molar-refractivity contribution in [2.75, 3.05) is 14.2 Å². The zero-order valence-corrected chi connectivity index (χ0v) is 9.95. The van der Waals surface area contributed by atoms with Crippen LogP contribution in [0.25, 0.3) is 0 Å². The van der Waals surface area contributed by atoms with Gasteiger partial charge in [0.1, 0.15) is 0 Å². The molecule has 6 heteroatoms. The number of rotatable bonds is 4. The lowest BCUT2D eigenvalue weighted by Crippen LogP contribution is -2.09. The van der Waals surface area contributed by atoms with Gasteiger partial charge in [-0.3, -0.25) is 4.79 Å². The van der Waals surface area contributed by atoms with Gasteiger partial charge in [0.25, 0.3) is 0 Å². The van der Waals surface area contributed by atoms with Crippen molar-refractivity contribution in [2.45, 2.75) is 0 Å². The first kappa shape index (κ1) is 12.0. The molecular weight excluding hydrogens is 234 g/mol. The molecule has 0 aliphatic heterocycles. The Morgan fingerprint density at radius 3 is 2.39 bits per heavy atom. The van der Waals surface area contributed by atoms with E-state index in [9.17, 15) is 4.79 Å². The third-order valence-corrected chi connectivity index (χ3v) is 2.28. The highest BCUT2D eigenvalue weighted by molar-refractivity contribution is 6.10. The van der Waals surface area contributed by atoms with Gasteiger partial charge in [-0.15, -0.1) is 0 Å². The molecule has 6 nitrogen and oxygen atoms in total. The lowest BCUT2D eigenvalue weighted by molar-refractivity contribution is 0.102. The summed E-state index contributed by atoms with van der Waals surface area (Å²) in [6.45, 7) is 0. The van der Waals surface area contributed by atoms with Crippen molar-refractivity contribution >= 4 is 5.78 Å². The van der Waals surface area contributed by atoms with Crippen molar-refractivity contribution in [3.8, 4) is 11.8 Å². The van der Waals surface area contributed by atoms with Gasteiger partial charge in [-0.05, 0) is 12.1 Å². The van der Waals surface area contributed by atoms with Gasteiger partial charge >= 0.3 is 0 Å². The highest BCUT2D eigenvalue weighted by Gasteiger charge is 2.20. The molecule has 0 bridgehead atoms. The fourth-order valence-corrected chi connectivity index (χ4v) is 1.48. The number of nitrogens with zero attached hydrogens (tertiary/aromatic N) is 3. The minimum absolute atomic E-state index is 0.131. The maximum atomic E-state index is 12.3. The van der Waals surface area contributed by atoms with Crippen molar-refractivity contribution in [3.05, 3.63) is 42.0 Å². The Kier molecular flexibility index (Phi) is 3.47. The second kappa shape index (κ2) is 5.22. The quantitative estimate of drug-likeness (QED) is 0.751. The number of pyridine rings is 1. The molecule has 0 unspecified atom stereocenters. The first-order valence-electron chi connectivity index (χ1n) is 5.16. The molecule has 2 aromatic heterocycles. The Bertz CT molecular complexity index is 522. The van der Waals surface area contributed by atoms with Crippen LogP contribution in [0.15, 0.2) is 30.7 Å². The number of carbonyl (C=O) groups is 1. The summed E-state index contributed by atoms with van der Waals surface area (Å²) >= 11 is 0. The summed E-state index contributed by atoms with van der Waals surface area (Å²) in [5.74, 6) is 0.0773. The maximum absolute atomic E-state index is 12.3. The van der Waals surface area contributed by atoms with E-state index < -0.39 is 0 Å². The number of aromatic nitrogens is 3. The lowest BCUT2D eigenvalue weighted by Gasteiger charge is -2.07. The normalized spacial score (nSPS) is 9.89. The smallest absolute Gasteiger partial charge is 0.243 e. The van der Waals surface area contributed by atoms with Gasteiger partial charge in [0.2, 0.25) is 17.5 Å². The predicted molar refractivity (Wildman–Crippen MR) is 62.8 cm³/mol. The van der Waals surface area contributed by atoms with Crippen molar-refractivity contribution in [3.63, 3.8) is 0 Å². The summed E-state index contributed by atoms with van der Waals surface area (Å²) in [4.78, 5) is 24.2. The number of ether oxygens (including phenoxy) is 2. The highest BCUT2D eigenvalue weighted by atomic mass is 16.5. The van der Waals surface area contributed by atoms with E-state index in [0.717, 1.165) is 0 Å². The summed E-state index contributed by atoms with van der Waals surface area (Å²) in [7, 11) is 2.88. The van der Waals surface area contributed by atoms with Crippen LogP contribution in [0.2, 0.25) is 0 Å². The van der Waals surface area contributed by atoms with E-state index >= 15 is 0 Å². The van der Waals surface area contributed by atoms with Crippen LogP contribution in [-0.2, 0) is 0 Å². The van der Waals surface area contributed by atoms with E-state index in [4.69, 9.17) is 9.47 Å². The summed E-state index contributed by atoms with van der Waals surface area (Å²) in [5, 5.41) is 0. The SMILES string of the molecule is COc1ncccc1C(=O)c1nccnc1OC. The van der Waals surface area contributed by atoms with E-state index in [1.807, 2.05) is 0 Å². The molecule has 0 spiro atoms. The molecule has 0 saturated carbocycles. The topological polar surface area (TPSA) is 74.2 Å². The van der Waals surface area contributed by atoms with Crippen LogP contribution in [0.5, 0.6) is 11.8 Å². The van der Waals surface area contributed by atoms with Gasteiger partial charge < -0.3 is 9.47 Å². The van der Waals surface area contributed by atoms with E-state index in [2.05, 4.69) is 15.0 Å². The fraction of sp³-hybridized carbons (Fsp3) is 0.167. The molecule has 0 amide bonds. The van der Waals surface area contributed by atoms with Crippen molar-refractivity contribution < 1.29 is 14.3 Å². The van der Waals surface area contributed by atoms with Gasteiger partial charge in [0.15, 0.2) is 5.69 Å². The van der Waals surface area contributed by atoms with Crippen LogP contribution in [0.3, 0.4) is 0 Å². The molecule has 0 fully saturated rings. The number of carbonyl (C=O) groups excluding carboxylic acids is 1. The molecule has 0 atom stereocenters. The lowest BCUT2D eigenvalue weighted by atomic mass is 10.1. The number of hydrogen-bond donors (Lipinski definition) is 0. The van der Waals surface area contributed by atoms with Crippen LogP contribution in [0.1, 0.15) is 16.1 Å². The summed E-state index contributed by atoms with van der Waals surface area (Å²) < 4.78 is 10.0. The number of ketones is 1. The molecule has 2 aromatic rings. The molecule has 92 valence electrons. The Morgan fingerprint density at radius 2 is 1.67 bits per heavy atom. The molecule has 0 aliphatic carbocycles. The molecular formula is C12H11N3O3. The average molecular weight is 245 g/mol. The largest absolute Gasteiger partial charge is 0.480 e. The standard InChI is InChI=1S/C12H11N3O3/c1-17-11-8(4-3-5-14-11)10(16)9-12(18-2)15-7-6-13-9/h3-7H,1-2H3. The van der Waals surface area contributed by atoms with E-state index in [1.165, 1.54) is 26.6 Å². The van der Waals surface area contributed by atoms with Crippen LogP contribution in [0.4, 0.5) is 0 Å². The molecule has 0 saturated heterocycles. The van der Waals surface area contributed by atoms with Crippen LogP contribution < -0.4 is 9.47 Å². The monoisotopic (exact) mass is 245 g/mol. The van der Waals surface area contributed by atoms with Gasteiger partial charge in [0.05, 0.1) is 19.8 Å². The van der Waals surface area contributed by atoms with Gasteiger partial charge in [-0.2, -0.15) is 0 Å². The van der Waals surface area contributed by atoms with Gasteiger partial charge in [0, 0.05) is 18.6 Å². The summed E-state index contributed by atoms with van der Waals surface area (Å²) in [6.07, 6.45) is 4.43. The Hall–Kier alpha value is -2.50. The molecule has 2 heterocycles. The molecule has 18 heavy (non-hydrogen) atoms. The van der Waals surface area contributed by atoms with Gasteiger partial charge in [-0.25, -0.2) is 15.0 Å². The molecule has 0 radical (unpaired) electrons. The number of methoxy groups -OCH3 is 2. The first-order valence-corrected chi connectivity index (χ1v) is 5.16. The Labute approximate surface area is 104 Å². The molecule has 2 rings (SSSR count). The minimum Gasteiger partial charge on any atom is -0.480 e. The van der Waals surface area contributed by atoms with E-state index in [1.54, 1.807) is 18.3 Å². The van der Waals surface area contributed by atoms with Crippen LogP contribution in [-0.4, -0.2) is 35.0 Å². The van der Waals surface area contributed by atoms with Crippen LogP contribution >= 0.6 is 0 Å². The predicted octanol–water partition coefficient (Wildman–Crippen LogP) is 1.12.